The van der Waals surface area contributed by atoms with Crippen LogP contribution in [-0.4, -0.2) is 53.9 Å². The van der Waals surface area contributed by atoms with E-state index in [4.69, 9.17) is 0 Å². The number of H-pyrrole nitrogens is 1. The quantitative estimate of drug-likeness (QED) is 0.864. The number of aryl methyl sites for hydroxylation is 2. The zero-order valence-corrected chi connectivity index (χ0v) is 14.2. The van der Waals surface area contributed by atoms with Crippen molar-refractivity contribution in [1.29, 1.82) is 0 Å². The first-order valence-electron chi connectivity index (χ1n) is 7.92. The fourth-order valence-electron chi connectivity index (χ4n) is 2.97. The van der Waals surface area contributed by atoms with Crippen LogP contribution in [0.1, 0.15) is 41.6 Å². The number of carbonyl (C=O) groups is 2. The highest BCUT2D eigenvalue weighted by molar-refractivity contribution is 5.96. The molecule has 1 aliphatic rings. The summed E-state index contributed by atoms with van der Waals surface area (Å²) >= 11 is 0. The molecule has 1 atom stereocenters. The third-order valence-electron chi connectivity index (χ3n) is 4.52. The Labute approximate surface area is 139 Å². The van der Waals surface area contributed by atoms with E-state index < -0.39 is 12.0 Å². The van der Waals surface area contributed by atoms with Crippen molar-refractivity contribution in [3.63, 3.8) is 0 Å². The molecular weight excluding hydrogens is 310 g/mol. The van der Waals surface area contributed by atoms with Crippen molar-refractivity contribution < 1.29 is 14.7 Å². The van der Waals surface area contributed by atoms with E-state index >= 15 is 0 Å². The largest absolute Gasteiger partial charge is 0.480 e. The third-order valence-corrected chi connectivity index (χ3v) is 4.52. The van der Waals surface area contributed by atoms with Crippen LogP contribution in [0.4, 0.5) is 0 Å². The molecule has 128 valence electrons. The van der Waals surface area contributed by atoms with E-state index in [1.807, 2.05) is 20.9 Å². The summed E-state index contributed by atoms with van der Waals surface area (Å²) in [4.78, 5) is 25.5. The van der Waals surface area contributed by atoms with Gasteiger partial charge in [-0.2, -0.15) is 10.2 Å². The Balaban J connectivity index is 1.92. The molecule has 0 saturated heterocycles. The van der Waals surface area contributed by atoms with Crippen molar-refractivity contribution in [2.45, 2.75) is 45.7 Å². The molecule has 0 bridgehead atoms. The van der Waals surface area contributed by atoms with Gasteiger partial charge in [0, 0.05) is 24.3 Å². The van der Waals surface area contributed by atoms with Gasteiger partial charge in [-0.15, -0.1) is 0 Å². The molecule has 2 N–H and O–H groups in total. The number of aromatic nitrogens is 4. The minimum atomic E-state index is -1.01. The Kier molecular flexibility index (Phi) is 3.90. The number of carbonyl (C=O) groups excluding carboxylic acids is 1. The molecule has 3 rings (SSSR count). The summed E-state index contributed by atoms with van der Waals surface area (Å²) in [5.41, 5.74) is 3.61. The molecule has 0 spiro atoms. The Bertz CT molecular complexity index is 803. The number of aliphatic carboxylic acids is 1. The van der Waals surface area contributed by atoms with Gasteiger partial charge in [0.05, 0.1) is 11.4 Å². The topological polar surface area (TPSA) is 104 Å². The second kappa shape index (κ2) is 5.77. The first-order chi connectivity index (χ1) is 11.3. The maximum atomic E-state index is 12.8. The fraction of sp³-hybridized carbons (Fsp3) is 0.500. The van der Waals surface area contributed by atoms with Gasteiger partial charge in [0.25, 0.3) is 5.91 Å². The summed E-state index contributed by atoms with van der Waals surface area (Å²) in [6.45, 7) is 5.36. The Morgan fingerprint density at radius 2 is 2.08 bits per heavy atom. The summed E-state index contributed by atoms with van der Waals surface area (Å²) in [5.74, 6) is -1.33. The van der Waals surface area contributed by atoms with Gasteiger partial charge in [0.2, 0.25) is 0 Å². The molecule has 1 fully saturated rings. The molecule has 2 aromatic heterocycles. The lowest BCUT2D eigenvalue weighted by Gasteiger charge is -2.25. The highest BCUT2D eigenvalue weighted by Crippen LogP contribution is 2.31. The molecule has 24 heavy (non-hydrogen) atoms. The molecule has 0 aliphatic heterocycles. The first kappa shape index (κ1) is 16.2. The number of hydrogen-bond acceptors (Lipinski definition) is 4. The van der Waals surface area contributed by atoms with Gasteiger partial charge in [-0.3, -0.25) is 14.6 Å². The lowest BCUT2D eigenvalue weighted by molar-refractivity contribution is -0.141. The van der Waals surface area contributed by atoms with Crippen molar-refractivity contribution in [3.05, 3.63) is 23.1 Å². The van der Waals surface area contributed by atoms with Crippen molar-refractivity contribution in [1.82, 2.24) is 24.9 Å². The van der Waals surface area contributed by atoms with E-state index in [0.29, 0.717) is 11.4 Å². The Hall–Kier alpha value is -2.64. The monoisotopic (exact) mass is 331 g/mol. The van der Waals surface area contributed by atoms with Crippen LogP contribution in [0.2, 0.25) is 0 Å². The molecule has 0 radical (unpaired) electrons. The van der Waals surface area contributed by atoms with Crippen LogP contribution in [0.15, 0.2) is 6.07 Å². The van der Waals surface area contributed by atoms with Crippen LogP contribution in [0.25, 0.3) is 11.3 Å². The number of carboxylic acids is 1. The molecule has 8 heteroatoms. The van der Waals surface area contributed by atoms with Gasteiger partial charge < -0.3 is 10.0 Å². The minimum Gasteiger partial charge on any atom is -0.480 e. The third kappa shape index (κ3) is 2.68. The van der Waals surface area contributed by atoms with E-state index in [1.54, 1.807) is 10.7 Å². The van der Waals surface area contributed by atoms with Gasteiger partial charge in [0.1, 0.15) is 11.7 Å². The lowest BCUT2D eigenvalue weighted by atomic mass is 10.1. The molecule has 1 unspecified atom stereocenters. The highest BCUT2D eigenvalue weighted by Gasteiger charge is 2.39. The zero-order valence-electron chi connectivity index (χ0n) is 14.2. The van der Waals surface area contributed by atoms with Gasteiger partial charge in [-0.25, -0.2) is 4.79 Å². The van der Waals surface area contributed by atoms with E-state index in [2.05, 4.69) is 15.3 Å². The lowest BCUT2D eigenvalue weighted by Crippen LogP contribution is -2.44. The van der Waals surface area contributed by atoms with Crippen LogP contribution >= 0.6 is 0 Å². The molecule has 2 heterocycles. The number of aromatic amines is 1. The average Bonchev–Trinajstić information content (AvgIpc) is 3.17. The van der Waals surface area contributed by atoms with Crippen LogP contribution < -0.4 is 0 Å². The second-order valence-electron chi connectivity index (χ2n) is 6.29. The number of nitrogens with zero attached hydrogens (tertiary/aromatic N) is 4. The van der Waals surface area contributed by atoms with Crippen molar-refractivity contribution in [3.8, 4) is 11.3 Å². The fourth-order valence-corrected chi connectivity index (χ4v) is 2.97. The SMILES string of the molecule is Cc1nn(C)c(C)c1-c1cc(C(=O)N(C2CC2)C(C)C(=O)O)[nH]n1. The standard InChI is InChI=1S/C16H21N5O3/c1-8-14(9(2)20(4)19-8)12-7-13(18-17-12)15(22)21(11-5-6-11)10(3)16(23)24/h7,10-11H,5-6H2,1-4H3,(H,17,18)(H,23,24). The highest BCUT2D eigenvalue weighted by atomic mass is 16.4. The minimum absolute atomic E-state index is 0.00258. The summed E-state index contributed by atoms with van der Waals surface area (Å²) in [6, 6.07) is 0.805. The molecule has 1 amide bonds. The summed E-state index contributed by atoms with van der Waals surface area (Å²) in [6.07, 6.45) is 1.68. The van der Waals surface area contributed by atoms with Crippen molar-refractivity contribution in [2.24, 2.45) is 7.05 Å². The van der Waals surface area contributed by atoms with Gasteiger partial charge in [-0.05, 0) is 39.7 Å². The smallest absolute Gasteiger partial charge is 0.326 e. The first-order valence-corrected chi connectivity index (χ1v) is 7.92. The molecule has 2 aromatic rings. The van der Waals surface area contributed by atoms with Gasteiger partial charge in [0.15, 0.2) is 0 Å². The summed E-state index contributed by atoms with van der Waals surface area (Å²) in [7, 11) is 1.86. The Morgan fingerprint density at radius 1 is 1.42 bits per heavy atom. The van der Waals surface area contributed by atoms with Crippen LogP contribution in [0.5, 0.6) is 0 Å². The molecule has 1 aliphatic carbocycles. The molecule has 8 nitrogen and oxygen atoms in total. The van der Waals surface area contributed by atoms with Gasteiger partial charge >= 0.3 is 5.97 Å². The van der Waals surface area contributed by atoms with Crippen LogP contribution in [0.3, 0.4) is 0 Å². The number of rotatable bonds is 5. The maximum Gasteiger partial charge on any atom is 0.326 e. The van der Waals surface area contributed by atoms with Crippen LogP contribution in [0, 0.1) is 13.8 Å². The van der Waals surface area contributed by atoms with E-state index in [1.165, 1.54) is 11.8 Å². The average molecular weight is 331 g/mol. The maximum absolute atomic E-state index is 12.8. The van der Waals surface area contributed by atoms with Crippen molar-refractivity contribution in [2.75, 3.05) is 0 Å². The zero-order chi connectivity index (χ0) is 17.6. The van der Waals surface area contributed by atoms with Gasteiger partial charge in [-0.1, -0.05) is 0 Å². The number of carboxylic acid groups (broad SMARTS) is 1. The number of nitrogens with one attached hydrogen (secondary N) is 1. The molecule has 1 saturated carbocycles. The second-order valence-corrected chi connectivity index (χ2v) is 6.29. The summed E-state index contributed by atoms with van der Waals surface area (Å²) < 4.78 is 1.77. The number of amides is 1. The predicted octanol–water partition coefficient (Wildman–Crippen LogP) is 1.50. The normalized spacial score (nSPS) is 15.3. The summed E-state index contributed by atoms with van der Waals surface area (Å²) in [5, 5.41) is 20.6. The number of hydrogen-bond donors (Lipinski definition) is 2. The predicted molar refractivity (Wildman–Crippen MR) is 86.6 cm³/mol. The Morgan fingerprint density at radius 3 is 2.58 bits per heavy atom. The van der Waals surface area contributed by atoms with E-state index in [9.17, 15) is 14.7 Å². The van der Waals surface area contributed by atoms with Crippen LogP contribution in [-0.2, 0) is 11.8 Å². The molecular formula is C16H21N5O3. The van der Waals surface area contributed by atoms with E-state index in [-0.39, 0.29) is 11.9 Å². The van der Waals surface area contributed by atoms with E-state index in [0.717, 1.165) is 29.8 Å². The molecule has 0 aromatic carbocycles. The van der Waals surface area contributed by atoms with Crippen molar-refractivity contribution >= 4 is 11.9 Å².